The van der Waals surface area contributed by atoms with Gasteiger partial charge in [-0.15, -0.1) is 0 Å². The fourth-order valence-electron chi connectivity index (χ4n) is 2.61. The number of alkyl halides is 3. The lowest BCUT2D eigenvalue weighted by atomic mass is 9.97. The van der Waals surface area contributed by atoms with Crippen molar-refractivity contribution in [2.75, 3.05) is 25.6 Å². The number of esters is 1. The van der Waals surface area contributed by atoms with E-state index in [2.05, 4.69) is 0 Å². The molecule has 1 unspecified atom stereocenters. The van der Waals surface area contributed by atoms with Crippen LogP contribution >= 0.6 is 7.60 Å². The van der Waals surface area contributed by atoms with Crippen molar-refractivity contribution >= 4 is 19.3 Å². The van der Waals surface area contributed by atoms with Crippen LogP contribution in [0.15, 0.2) is 12.1 Å². The fourth-order valence-corrected chi connectivity index (χ4v) is 4.28. The van der Waals surface area contributed by atoms with Crippen molar-refractivity contribution in [2.45, 2.75) is 45.6 Å². The molecule has 1 rings (SSSR count). The van der Waals surface area contributed by atoms with Gasteiger partial charge in [0.1, 0.15) is 5.78 Å². The number of hydrogen-bond donors (Lipinski definition) is 2. The molecule has 0 aliphatic heterocycles. The monoisotopic (exact) mass is 426 g/mol. The molecule has 1 aromatic rings. The minimum Gasteiger partial charge on any atom is -0.466 e. The highest BCUT2D eigenvalue weighted by atomic mass is 31.2. The quantitative estimate of drug-likeness (QED) is 0.330. The van der Waals surface area contributed by atoms with Crippen molar-refractivity contribution in [3.05, 3.63) is 28.8 Å². The summed E-state index contributed by atoms with van der Waals surface area (Å²) in [5.74, 6) is -2.01. The Morgan fingerprint density at radius 3 is 2.18 bits per heavy atom. The molecule has 4 N–H and O–H groups in total. The van der Waals surface area contributed by atoms with E-state index in [9.17, 15) is 22.5 Å². The summed E-state index contributed by atoms with van der Waals surface area (Å²) in [6.45, 7) is 4.94. The Balaban J connectivity index is 3.38. The topological polar surface area (TPSA) is 114 Å². The molecule has 28 heavy (non-hydrogen) atoms. The van der Waals surface area contributed by atoms with E-state index in [4.69, 9.17) is 25.3 Å². The first kappa shape index (κ1) is 24.4. The van der Waals surface area contributed by atoms with E-state index in [0.29, 0.717) is 0 Å². The van der Waals surface area contributed by atoms with Crippen LogP contribution in [0.2, 0.25) is 0 Å². The predicted octanol–water partition coefficient (Wildman–Crippen LogP) is 4.01. The van der Waals surface area contributed by atoms with E-state index in [1.54, 1.807) is 20.8 Å². The van der Waals surface area contributed by atoms with E-state index < -0.39 is 31.1 Å². The van der Waals surface area contributed by atoms with Crippen molar-refractivity contribution in [2.24, 2.45) is 5.73 Å². The van der Waals surface area contributed by atoms with Crippen LogP contribution in [0.4, 0.5) is 18.9 Å². The number of benzene rings is 1. The molecule has 0 saturated carbocycles. The summed E-state index contributed by atoms with van der Waals surface area (Å²) in [6, 6.07) is 1.82. The minimum absolute atomic E-state index is 0.00269. The van der Waals surface area contributed by atoms with Gasteiger partial charge in [0.05, 0.1) is 25.4 Å². The molecule has 160 valence electrons. The van der Waals surface area contributed by atoms with E-state index >= 15 is 0 Å². The Bertz CT molecular complexity index is 717. The Morgan fingerprint density at radius 2 is 1.71 bits per heavy atom. The van der Waals surface area contributed by atoms with Crippen molar-refractivity contribution in [3.63, 3.8) is 0 Å². The molecule has 0 fully saturated rings. The number of rotatable bonds is 10. The first-order valence-electron chi connectivity index (χ1n) is 8.79. The molecule has 11 heteroatoms. The number of hydrogen-bond acceptors (Lipinski definition) is 7. The van der Waals surface area contributed by atoms with Crippen LogP contribution < -0.4 is 11.5 Å². The van der Waals surface area contributed by atoms with Gasteiger partial charge in [-0.3, -0.25) is 9.36 Å². The van der Waals surface area contributed by atoms with Gasteiger partial charge < -0.3 is 25.3 Å². The normalized spacial score (nSPS) is 13.4. The van der Waals surface area contributed by atoms with Crippen molar-refractivity contribution in [1.29, 1.82) is 0 Å². The molecule has 1 atom stereocenters. The second-order valence-electron chi connectivity index (χ2n) is 5.76. The Morgan fingerprint density at radius 1 is 1.14 bits per heavy atom. The third kappa shape index (κ3) is 6.20. The Hall–Kier alpha value is -1.61. The zero-order chi connectivity index (χ0) is 21.5. The molecule has 0 aliphatic carbocycles. The second kappa shape index (κ2) is 10.2. The molecule has 0 radical (unpaired) electrons. The number of halogens is 3. The third-order valence-corrected chi connectivity index (χ3v) is 5.99. The number of carbonyl (C=O) groups is 1. The summed E-state index contributed by atoms with van der Waals surface area (Å²) in [5.41, 5.74) is 10.3. The maximum Gasteiger partial charge on any atom is 0.416 e. The first-order chi connectivity index (χ1) is 13.0. The van der Waals surface area contributed by atoms with Crippen LogP contribution in [0.25, 0.3) is 0 Å². The molecular weight excluding hydrogens is 400 g/mol. The van der Waals surface area contributed by atoms with Crippen LogP contribution in [-0.2, 0) is 35.7 Å². The number of nitrogens with two attached hydrogens (primary N) is 2. The lowest BCUT2D eigenvalue weighted by Gasteiger charge is -2.25. The largest absolute Gasteiger partial charge is 0.466 e. The van der Waals surface area contributed by atoms with E-state index in [1.165, 1.54) is 0 Å². The van der Waals surface area contributed by atoms with Gasteiger partial charge in [0.2, 0.25) is 0 Å². The summed E-state index contributed by atoms with van der Waals surface area (Å²) >= 11 is 0. The summed E-state index contributed by atoms with van der Waals surface area (Å²) in [5, 5.41) is 0. The van der Waals surface area contributed by atoms with E-state index in [-0.39, 0.29) is 49.5 Å². The Kier molecular flexibility index (Phi) is 8.94. The van der Waals surface area contributed by atoms with Gasteiger partial charge in [-0.25, -0.2) is 0 Å². The van der Waals surface area contributed by atoms with Gasteiger partial charge in [0, 0.05) is 17.7 Å². The van der Waals surface area contributed by atoms with Crippen LogP contribution in [0.3, 0.4) is 0 Å². The number of nitrogen functional groups attached to an aromatic ring is 1. The molecule has 7 nitrogen and oxygen atoms in total. The molecule has 1 aromatic carbocycles. The average molecular weight is 426 g/mol. The lowest BCUT2D eigenvalue weighted by molar-refractivity contribution is -0.144. The third-order valence-electron chi connectivity index (χ3n) is 3.80. The maximum absolute atomic E-state index is 13.4. The summed E-state index contributed by atoms with van der Waals surface area (Å²) in [7, 11) is -3.86. The van der Waals surface area contributed by atoms with Gasteiger partial charge >= 0.3 is 19.7 Å². The van der Waals surface area contributed by atoms with Gasteiger partial charge in [-0.05, 0) is 38.8 Å². The van der Waals surface area contributed by atoms with E-state index in [0.717, 1.165) is 12.1 Å². The molecule has 0 amide bonds. The van der Waals surface area contributed by atoms with Crippen molar-refractivity contribution in [1.82, 2.24) is 0 Å². The van der Waals surface area contributed by atoms with Gasteiger partial charge in [0.15, 0.2) is 0 Å². The SMILES string of the molecule is CCOC(=O)CCc1cc(C(N)P(=O)(OCC)OCC)c(N)cc1C(F)(F)F. The smallest absolute Gasteiger partial charge is 0.416 e. The molecule has 0 heterocycles. The zero-order valence-electron chi connectivity index (χ0n) is 16.0. The van der Waals surface area contributed by atoms with Crippen molar-refractivity contribution < 1.29 is 36.3 Å². The Labute approximate surface area is 162 Å². The van der Waals surface area contributed by atoms with Crippen LogP contribution in [-0.4, -0.2) is 25.8 Å². The highest BCUT2D eigenvalue weighted by molar-refractivity contribution is 7.54. The minimum atomic E-state index is -4.69. The van der Waals surface area contributed by atoms with Crippen LogP contribution in [0.1, 0.15) is 49.7 Å². The van der Waals surface area contributed by atoms with Gasteiger partial charge in [-0.1, -0.05) is 6.07 Å². The highest BCUT2D eigenvalue weighted by Crippen LogP contribution is 2.59. The number of aryl methyl sites for hydroxylation is 1. The predicted molar refractivity (Wildman–Crippen MR) is 98.6 cm³/mol. The number of carbonyl (C=O) groups excluding carboxylic acids is 1. The van der Waals surface area contributed by atoms with Crippen LogP contribution in [0.5, 0.6) is 0 Å². The molecule has 0 bridgehead atoms. The molecule has 0 aromatic heterocycles. The van der Waals surface area contributed by atoms with Crippen molar-refractivity contribution in [3.8, 4) is 0 Å². The molecule has 0 spiro atoms. The number of ether oxygens (including phenoxy) is 1. The summed E-state index contributed by atoms with van der Waals surface area (Å²) < 4.78 is 68.2. The maximum atomic E-state index is 13.4. The van der Waals surface area contributed by atoms with Gasteiger partial charge in [-0.2, -0.15) is 13.2 Å². The highest BCUT2D eigenvalue weighted by Gasteiger charge is 2.38. The molecule has 0 saturated heterocycles. The molecular formula is C17H26F3N2O5P. The van der Waals surface area contributed by atoms with Crippen LogP contribution in [0, 0.1) is 0 Å². The zero-order valence-corrected chi connectivity index (χ0v) is 16.9. The van der Waals surface area contributed by atoms with E-state index in [1.807, 2.05) is 0 Å². The van der Waals surface area contributed by atoms with Gasteiger partial charge in [0.25, 0.3) is 0 Å². The summed E-state index contributed by atoms with van der Waals surface area (Å²) in [4.78, 5) is 11.6. The first-order valence-corrected chi connectivity index (χ1v) is 10.4. The standard InChI is InChI=1S/C17H26F3N2O5P/c1-4-25-15(23)8-7-11-9-12(14(21)10-13(11)17(18,19)20)16(22)28(24,26-5-2)27-6-3/h9-10,16H,4-8,21-22H2,1-3H3. The lowest BCUT2D eigenvalue weighted by Crippen LogP contribution is -2.19. The fraction of sp³-hybridized carbons (Fsp3) is 0.588. The molecule has 0 aliphatic rings. The number of anilines is 1. The average Bonchev–Trinajstić information content (AvgIpc) is 2.59. The summed E-state index contributed by atoms with van der Waals surface area (Å²) in [6.07, 6.45) is -5.20. The second-order valence-corrected chi connectivity index (χ2v) is 7.91.